The summed E-state index contributed by atoms with van der Waals surface area (Å²) in [4.78, 5) is 4.54. The first kappa shape index (κ1) is 11.7. The van der Waals surface area contributed by atoms with Crippen LogP contribution in [0.25, 0.3) is 0 Å². The summed E-state index contributed by atoms with van der Waals surface area (Å²) in [7, 11) is 0. The zero-order chi connectivity index (χ0) is 7.56. The standard InChI is InChI=1S/C7H15ClN2.BrH/c1-3-9-5-6-10(4-2)7(9)8;/h7H,3-6H2,1-2H3;1H. The summed E-state index contributed by atoms with van der Waals surface area (Å²) in [6, 6.07) is 0. The lowest BCUT2D eigenvalue weighted by atomic mass is 10.6. The highest BCUT2D eigenvalue weighted by molar-refractivity contribution is 8.93. The zero-order valence-electron chi connectivity index (χ0n) is 7.09. The van der Waals surface area contributed by atoms with E-state index in [1.165, 1.54) is 0 Å². The van der Waals surface area contributed by atoms with E-state index in [1.807, 2.05) is 0 Å². The number of hydrogen-bond acceptors (Lipinski definition) is 2. The van der Waals surface area contributed by atoms with Gasteiger partial charge < -0.3 is 0 Å². The largest absolute Gasteiger partial charge is 0.274 e. The Morgan fingerprint density at radius 1 is 1.18 bits per heavy atom. The van der Waals surface area contributed by atoms with Crippen LogP contribution in [-0.4, -0.2) is 41.6 Å². The Hall–Kier alpha value is 0.690. The van der Waals surface area contributed by atoms with Crippen molar-refractivity contribution in [3.05, 3.63) is 0 Å². The Balaban J connectivity index is 0.000001000. The molecule has 1 aliphatic heterocycles. The maximum Gasteiger partial charge on any atom is 0.140 e. The lowest BCUT2D eigenvalue weighted by Crippen LogP contribution is -2.33. The smallest absolute Gasteiger partial charge is 0.140 e. The van der Waals surface area contributed by atoms with Gasteiger partial charge >= 0.3 is 0 Å². The maximum absolute atomic E-state index is 6.10. The lowest BCUT2D eigenvalue weighted by molar-refractivity contribution is 0.222. The summed E-state index contributed by atoms with van der Waals surface area (Å²) < 4.78 is 0. The average molecular weight is 244 g/mol. The third-order valence-electron chi connectivity index (χ3n) is 2.09. The summed E-state index contributed by atoms with van der Waals surface area (Å²) >= 11 is 6.10. The van der Waals surface area contributed by atoms with Crippen LogP contribution in [0.15, 0.2) is 0 Å². The Kier molecular flexibility index (Phi) is 5.69. The average Bonchev–Trinajstić information content (AvgIpc) is 2.30. The van der Waals surface area contributed by atoms with Crippen LogP contribution in [-0.2, 0) is 0 Å². The monoisotopic (exact) mass is 242 g/mol. The number of likely N-dealkylation sites (N-methyl/N-ethyl adjacent to an activating group) is 2. The van der Waals surface area contributed by atoms with Crippen molar-refractivity contribution in [3.8, 4) is 0 Å². The molecule has 0 spiro atoms. The molecular formula is C7H16BrClN2. The van der Waals surface area contributed by atoms with E-state index in [9.17, 15) is 0 Å². The topological polar surface area (TPSA) is 6.48 Å². The van der Waals surface area contributed by atoms with Gasteiger partial charge in [0, 0.05) is 13.1 Å². The second-order valence-corrected chi connectivity index (χ2v) is 2.96. The van der Waals surface area contributed by atoms with Gasteiger partial charge in [0.2, 0.25) is 0 Å². The first-order valence-electron chi connectivity index (χ1n) is 3.91. The van der Waals surface area contributed by atoms with Crippen molar-refractivity contribution in [2.75, 3.05) is 26.2 Å². The van der Waals surface area contributed by atoms with E-state index in [0.29, 0.717) is 0 Å². The first-order valence-corrected chi connectivity index (χ1v) is 4.35. The second-order valence-electron chi connectivity index (χ2n) is 2.57. The fourth-order valence-corrected chi connectivity index (χ4v) is 1.79. The van der Waals surface area contributed by atoms with Crippen LogP contribution in [0, 0.1) is 0 Å². The molecule has 0 atom stereocenters. The van der Waals surface area contributed by atoms with Crippen molar-refractivity contribution in [1.29, 1.82) is 0 Å². The van der Waals surface area contributed by atoms with Gasteiger partial charge in [0.1, 0.15) is 5.62 Å². The van der Waals surface area contributed by atoms with E-state index in [-0.39, 0.29) is 22.6 Å². The Morgan fingerprint density at radius 2 is 1.55 bits per heavy atom. The molecular weight excluding hydrogens is 227 g/mol. The highest BCUT2D eigenvalue weighted by Crippen LogP contribution is 2.16. The minimum Gasteiger partial charge on any atom is -0.274 e. The predicted molar refractivity (Wildman–Crippen MR) is 54.5 cm³/mol. The van der Waals surface area contributed by atoms with Crippen molar-refractivity contribution < 1.29 is 0 Å². The maximum atomic E-state index is 6.10. The van der Waals surface area contributed by atoms with Gasteiger partial charge in [0.25, 0.3) is 0 Å². The van der Waals surface area contributed by atoms with Crippen molar-refractivity contribution in [2.24, 2.45) is 0 Å². The van der Waals surface area contributed by atoms with E-state index in [2.05, 4.69) is 23.6 Å². The fraction of sp³-hybridized carbons (Fsp3) is 1.00. The molecule has 1 heterocycles. The minimum atomic E-state index is 0. The highest BCUT2D eigenvalue weighted by Gasteiger charge is 2.26. The molecule has 0 unspecified atom stereocenters. The van der Waals surface area contributed by atoms with Crippen molar-refractivity contribution in [1.82, 2.24) is 9.80 Å². The molecule has 4 heteroatoms. The summed E-state index contributed by atoms with van der Waals surface area (Å²) in [6.07, 6.45) is 0. The molecule has 0 aromatic carbocycles. The van der Waals surface area contributed by atoms with E-state index >= 15 is 0 Å². The van der Waals surface area contributed by atoms with Gasteiger partial charge in [-0.05, 0) is 13.1 Å². The summed E-state index contributed by atoms with van der Waals surface area (Å²) in [5.74, 6) is 0. The second kappa shape index (κ2) is 5.36. The molecule has 11 heavy (non-hydrogen) atoms. The molecule has 0 aromatic heterocycles. The van der Waals surface area contributed by atoms with Gasteiger partial charge in [0.15, 0.2) is 0 Å². The number of nitrogens with zero attached hydrogens (tertiary/aromatic N) is 2. The molecule has 0 aromatic rings. The van der Waals surface area contributed by atoms with E-state index in [1.54, 1.807) is 0 Å². The van der Waals surface area contributed by atoms with Crippen LogP contribution < -0.4 is 0 Å². The van der Waals surface area contributed by atoms with Crippen molar-refractivity contribution in [3.63, 3.8) is 0 Å². The number of alkyl halides is 1. The Bertz CT molecular complexity index is 101. The predicted octanol–water partition coefficient (Wildman–Crippen LogP) is 1.74. The SMILES string of the molecule is Br.CCN1CCN(CC)C1Cl. The van der Waals surface area contributed by atoms with Gasteiger partial charge in [-0.15, -0.1) is 17.0 Å². The minimum absolute atomic E-state index is 0. The first-order chi connectivity index (χ1) is 4.79. The Morgan fingerprint density at radius 3 is 1.73 bits per heavy atom. The van der Waals surface area contributed by atoms with Gasteiger partial charge in [-0.2, -0.15) is 0 Å². The summed E-state index contributed by atoms with van der Waals surface area (Å²) in [5.41, 5.74) is 0.148. The molecule has 68 valence electrons. The van der Waals surface area contributed by atoms with E-state index in [0.717, 1.165) is 26.2 Å². The van der Waals surface area contributed by atoms with Crippen molar-refractivity contribution >= 4 is 28.6 Å². The molecule has 0 aliphatic carbocycles. The highest BCUT2D eigenvalue weighted by atomic mass is 79.9. The van der Waals surface area contributed by atoms with Crippen LogP contribution in [0.3, 0.4) is 0 Å². The molecule has 1 rings (SSSR count). The Labute approximate surface area is 84.3 Å². The molecule has 2 nitrogen and oxygen atoms in total. The van der Waals surface area contributed by atoms with Crippen LogP contribution >= 0.6 is 28.6 Å². The quantitative estimate of drug-likeness (QED) is 0.539. The molecule has 1 saturated heterocycles. The van der Waals surface area contributed by atoms with Crippen LogP contribution in [0.1, 0.15) is 13.8 Å². The molecule has 0 amide bonds. The molecule has 1 fully saturated rings. The van der Waals surface area contributed by atoms with Gasteiger partial charge in [0.05, 0.1) is 0 Å². The molecule has 0 bridgehead atoms. The van der Waals surface area contributed by atoms with Gasteiger partial charge in [-0.25, -0.2) is 0 Å². The van der Waals surface area contributed by atoms with E-state index < -0.39 is 0 Å². The zero-order valence-corrected chi connectivity index (χ0v) is 9.56. The lowest BCUT2D eigenvalue weighted by Gasteiger charge is -2.21. The summed E-state index contributed by atoms with van der Waals surface area (Å²) in [6.45, 7) is 8.66. The number of hydrogen-bond donors (Lipinski definition) is 0. The molecule has 1 aliphatic rings. The normalized spacial score (nSPS) is 22.1. The van der Waals surface area contributed by atoms with Gasteiger partial charge in [-0.3, -0.25) is 9.80 Å². The third kappa shape index (κ3) is 2.58. The summed E-state index contributed by atoms with van der Waals surface area (Å²) in [5, 5.41) is 0. The molecule has 0 saturated carbocycles. The van der Waals surface area contributed by atoms with E-state index in [4.69, 9.17) is 11.6 Å². The van der Waals surface area contributed by atoms with Crippen LogP contribution in [0.2, 0.25) is 0 Å². The van der Waals surface area contributed by atoms with Crippen LogP contribution in [0.5, 0.6) is 0 Å². The molecule has 0 N–H and O–H groups in total. The fourth-order valence-electron chi connectivity index (χ4n) is 1.32. The third-order valence-corrected chi connectivity index (χ3v) is 2.64. The van der Waals surface area contributed by atoms with Gasteiger partial charge in [-0.1, -0.05) is 25.4 Å². The molecule has 0 radical (unpaired) electrons. The number of rotatable bonds is 2. The van der Waals surface area contributed by atoms with Crippen LogP contribution in [0.4, 0.5) is 0 Å². The van der Waals surface area contributed by atoms with Crippen molar-refractivity contribution in [2.45, 2.75) is 19.5 Å². The number of halogens is 2.